The van der Waals surface area contributed by atoms with Crippen molar-refractivity contribution in [2.45, 2.75) is 18.9 Å². The van der Waals surface area contributed by atoms with Crippen molar-refractivity contribution in [1.29, 1.82) is 0 Å². The second kappa shape index (κ2) is 13.7. The smallest absolute Gasteiger partial charge is 0.161 e. The highest BCUT2D eigenvalue weighted by molar-refractivity contribution is 6.10. The normalized spacial score (nSPS) is 14.2. The molecule has 5 rings (SSSR count). The molecule has 0 saturated carbocycles. The van der Waals surface area contributed by atoms with E-state index < -0.39 is 6.10 Å². The Morgan fingerprint density at radius 2 is 1.56 bits per heavy atom. The summed E-state index contributed by atoms with van der Waals surface area (Å²) in [5.74, 6) is 2.18. The third-order valence-electron chi connectivity index (χ3n) is 5.70. The SMILES string of the molecule is C1CCOOC1.COc1ccccc1OCCNCC(O)COc1cccc2[nH]c3ccccc3c12. The maximum atomic E-state index is 10.3. The van der Waals surface area contributed by atoms with E-state index in [1.54, 1.807) is 7.11 Å². The fraction of sp³-hybridized carbons (Fsp3) is 0.357. The van der Waals surface area contributed by atoms with Gasteiger partial charge in [-0.2, -0.15) is 0 Å². The molecule has 1 aliphatic heterocycles. The Kier molecular flexibility index (Phi) is 9.81. The Morgan fingerprint density at radius 3 is 2.31 bits per heavy atom. The molecule has 0 radical (unpaired) electrons. The second-order valence-electron chi connectivity index (χ2n) is 8.37. The minimum absolute atomic E-state index is 0.207. The van der Waals surface area contributed by atoms with Crippen LogP contribution in [-0.4, -0.2) is 62.8 Å². The second-order valence-corrected chi connectivity index (χ2v) is 8.37. The first kappa shape index (κ1) is 25.8. The fourth-order valence-electron chi connectivity index (χ4n) is 3.91. The van der Waals surface area contributed by atoms with Crippen molar-refractivity contribution >= 4 is 21.8 Å². The molecule has 36 heavy (non-hydrogen) atoms. The van der Waals surface area contributed by atoms with Crippen molar-refractivity contribution < 1.29 is 29.1 Å². The van der Waals surface area contributed by atoms with Gasteiger partial charge in [0.2, 0.25) is 0 Å². The van der Waals surface area contributed by atoms with Crippen molar-refractivity contribution in [3.63, 3.8) is 0 Å². The highest BCUT2D eigenvalue weighted by Gasteiger charge is 2.11. The molecule has 1 fully saturated rings. The molecule has 0 bridgehead atoms. The molecular formula is C28H34N2O6. The molecular weight excluding hydrogens is 460 g/mol. The molecule has 3 aromatic carbocycles. The molecule has 8 heteroatoms. The lowest BCUT2D eigenvalue weighted by molar-refractivity contribution is -0.312. The van der Waals surface area contributed by atoms with Gasteiger partial charge >= 0.3 is 0 Å². The van der Waals surface area contributed by atoms with E-state index in [1.165, 1.54) is 0 Å². The number of nitrogens with one attached hydrogen (secondary N) is 2. The third kappa shape index (κ3) is 7.11. The predicted octanol–water partition coefficient (Wildman–Crippen LogP) is 4.47. The van der Waals surface area contributed by atoms with Crippen molar-refractivity contribution in [3.05, 3.63) is 66.7 Å². The van der Waals surface area contributed by atoms with E-state index in [9.17, 15) is 5.11 Å². The number of aromatic nitrogens is 1. The third-order valence-corrected chi connectivity index (χ3v) is 5.70. The zero-order valence-electron chi connectivity index (χ0n) is 20.6. The first-order valence-electron chi connectivity index (χ1n) is 12.3. The molecule has 4 aromatic rings. The first-order chi connectivity index (χ1) is 17.8. The summed E-state index contributed by atoms with van der Waals surface area (Å²) in [5.41, 5.74) is 2.09. The van der Waals surface area contributed by atoms with Crippen molar-refractivity contribution in [2.75, 3.05) is 46.6 Å². The van der Waals surface area contributed by atoms with Gasteiger partial charge in [0.05, 0.1) is 25.8 Å². The number of aliphatic hydroxyl groups excluding tert-OH is 1. The fourth-order valence-corrected chi connectivity index (χ4v) is 3.91. The molecule has 8 nitrogen and oxygen atoms in total. The predicted molar refractivity (Wildman–Crippen MR) is 140 cm³/mol. The molecule has 1 aliphatic rings. The summed E-state index contributed by atoms with van der Waals surface area (Å²) in [5, 5.41) is 15.6. The van der Waals surface area contributed by atoms with Gasteiger partial charge in [0.1, 0.15) is 25.1 Å². The number of fused-ring (bicyclic) bond motifs is 3. The van der Waals surface area contributed by atoms with Crippen LogP contribution in [0.4, 0.5) is 0 Å². The number of ether oxygens (including phenoxy) is 3. The van der Waals surface area contributed by atoms with E-state index in [4.69, 9.17) is 14.2 Å². The molecule has 0 amide bonds. The number of methoxy groups -OCH3 is 1. The van der Waals surface area contributed by atoms with Crippen molar-refractivity contribution in [1.82, 2.24) is 10.3 Å². The number of hydrogen-bond acceptors (Lipinski definition) is 7. The van der Waals surface area contributed by atoms with Gasteiger partial charge in [0, 0.05) is 29.4 Å². The Bertz CT molecular complexity index is 1200. The van der Waals surface area contributed by atoms with Crippen LogP contribution in [0, 0.1) is 0 Å². The van der Waals surface area contributed by atoms with Crippen molar-refractivity contribution in [3.8, 4) is 17.2 Å². The highest BCUT2D eigenvalue weighted by Crippen LogP contribution is 2.33. The van der Waals surface area contributed by atoms with Crippen LogP contribution in [0.3, 0.4) is 0 Å². The molecule has 2 heterocycles. The van der Waals surface area contributed by atoms with E-state index in [0.717, 1.165) is 53.6 Å². The average molecular weight is 495 g/mol. The number of hydrogen-bond donors (Lipinski definition) is 3. The van der Waals surface area contributed by atoms with Gasteiger partial charge in [0.15, 0.2) is 11.5 Å². The summed E-state index contributed by atoms with van der Waals surface area (Å²) >= 11 is 0. The molecule has 0 spiro atoms. The van der Waals surface area contributed by atoms with Crippen LogP contribution in [0.5, 0.6) is 17.2 Å². The monoisotopic (exact) mass is 494 g/mol. The lowest BCUT2D eigenvalue weighted by atomic mass is 10.1. The van der Waals surface area contributed by atoms with Gasteiger partial charge in [-0.25, -0.2) is 9.78 Å². The van der Waals surface area contributed by atoms with Gasteiger partial charge in [-0.15, -0.1) is 0 Å². The number of para-hydroxylation sites is 3. The Labute approximate surface area is 211 Å². The highest BCUT2D eigenvalue weighted by atomic mass is 17.2. The average Bonchev–Trinajstić information content (AvgIpc) is 3.32. The summed E-state index contributed by atoms with van der Waals surface area (Å²) in [7, 11) is 1.62. The van der Waals surface area contributed by atoms with E-state index in [2.05, 4.69) is 26.1 Å². The number of rotatable bonds is 10. The number of H-pyrrole nitrogens is 1. The summed E-state index contributed by atoms with van der Waals surface area (Å²) in [6.45, 7) is 3.26. The summed E-state index contributed by atoms with van der Waals surface area (Å²) < 4.78 is 16.9. The van der Waals surface area contributed by atoms with Crippen LogP contribution >= 0.6 is 0 Å². The lowest BCUT2D eigenvalue weighted by Gasteiger charge is -2.15. The van der Waals surface area contributed by atoms with E-state index >= 15 is 0 Å². The van der Waals surface area contributed by atoms with Gasteiger partial charge in [-0.05, 0) is 43.2 Å². The first-order valence-corrected chi connectivity index (χ1v) is 12.3. The van der Waals surface area contributed by atoms with Gasteiger partial charge in [-0.3, -0.25) is 0 Å². The summed E-state index contributed by atoms with van der Waals surface area (Å²) in [6, 6.07) is 21.6. The lowest BCUT2D eigenvalue weighted by Crippen LogP contribution is -2.33. The van der Waals surface area contributed by atoms with Crippen LogP contribution < -0.4 is 19.5 Å². The van der Waals surface area contributed by atoms with Crippen LogP contribution in [0.1, 0.15) is 12.8 Å². The van der Waals surface area contributed by atoms with Gasteiger partial charge in [-0.1, -0.05) is 36.4 Å². The Morgan fingerprint density at radius 1 is 0.861 bits per heavy atom. The molecule has 1 unspecified atom stereocenters. The molecule has 1 saturated heterocycles. The van der Waals surface area contributed by atoms with Crippen LogP contribution in [-0.2, 0) is 9.78 Å². The number of aliphatic hydroxyl groups is 1. The molecule has 192 valence electrons. The minimum Gasteiger partial charge on any atom is -0.493 e. The molecule has 3 N–H and O–H groups in total. The van der Waals surface area contributed by atoms with E-state index in [0.29, 0.717) is 31.2 Å². The largest absolute Gasteiger partial charge is 0.493 e. The van der Waals surface area contributed by atoms with Crippen LogP contribution in [0.15, 0.2) is 66.7 Å². The van der Waals surface area contributed by atoms with Crippen LogP contribution in [0.25, 0.3) is 21.8 Å². The van der Waals surface area contributed by atoms with Crippen LogP contribution in [0.2, 0.25) is 0 Å². The maximum Gasteiger partial charge on any atom is 0.161 e. The van der Waals surface area contributed by atoms with Gasteiger partial charge < -0.3 is 29.6 Å². The Hall–Kier alpha value is -3.30. The van der Waals surface area contributed by atoms with E-state index in [1.807, 2.05) is 60.7 Å². The molecule has 0 aliphatic carbocycles. The van der Waals surface area contributed by atoms with Gasteiger partial charge in [0.25, 0.3) is 0 Å². The Balaban J connectivity index is 0.000000445. The van der Waals surface area contributed by atoms with Crippen molar-refractivity contribution in [2.24, 2.45) is 0 Å². The minimum atomic E-state index is -0.628. The number of benzene rings is 3. The number of aromatic amines is 1. The standard InChI is InChI=1S/C24H26N2O4.C4H8O2/c1-28-21-10-4-5-11-22(21)29-14-13-25-15-17(27)16-30-23-12-6-9-20-24(23)18-7-2-3-8-19(18)26-20;1-2-4-6-5-3-1/h2-12,17,25-27H,13-16H2,1H3;1-4H2. The molecule has 1 aromatic heterocycles. The zero-order chi connectivity index (χ0) is 25.0. The topological polar surface area (TPSA) is 94.2 Å². The summed E-state index contributed by atoms with van der Waals surface area (Å²) in [6.07, 6.45) is 1.68. The maximum absolute atomic E-state index is 10.3. The summed E-state index contributed by atoms with van der Waals surface area (Å²) in [4.78, 5) is 12.5. The zero-order valence-corrected chi connectivity index (χ0v) is 20.6. The quantitative estimate of drug-likeness (QED) is 0.221. The molecule has 1 atom stereocenters. The van der Waals surface area contributed by atoms with E-state index in [-0.39, 0.29) is 6.61 Å².